The zero-order chi connectivity index (χ0) is 96.1. The van der Waals surface area contributed by atoms with Gasteiger partial charge in [-0.2, -0.15) is 12.0 Å². The second kappa shape index (κ2) is 66.1. The number of carboxylic acid groups (broad SMARTS) is 1. The number of hydroxylamine groups is 2. The van der Waals surface area contributed by atoms with Crippen molar-refractivity contribution >= 4 is 222 Å². The number of nitrogens with two attached hydrogens (primary N) is 2. The van der Waals surface area contributed by atoms with Crippen LogP contribution in [-0.4, -0.2) is 139 Å². The second-order valence-electron chi connectivity index (χ2n) is 24.3. The molecule has 1 amide bonds. The van der Waals surface area contributed by atoms with Gasteiger partial charge in [0, 0.05) is 155 Å². The number of rotatable bonds is 16. The van der Waals surface area contributed by atoms with E-state index >= 15 is 0 Å². The Labute approximate surface area is 829 Å². The number of esters is 1. The van der Waals surface area contributed by atoms with Crippen molar-refractivity contribution in [3.05, 3.63) is 326 Å². The summed E-state index contributed by atoms with van der Waals surface area (Å²) in [6.07, 6.45) is 0.194. The second-order valence-corrected chi connectivity index (χ2v) is 35.0. The number of cyclic esters (lactones) is 1. The number of aromatic carboxylic acids is 1. The molecule has 0 spiro atoms. The molecule has 9 aromatic carbocycles. The Balaban J connectivity index is -0.000000691. The molecule has 1 aromatic heterocycles. The van der Waals surface area contributed by atoms with Gasteiger partial charge in [0.1, 0.15) is 58.1 Å². The van der Waals surface area contributed by atoms with Crippen LogP contribution in [-0.2, 0) is 30.1 Å². The quantitative estimate of drug-likeness (QED) is 0.00691. The standard InChI is InChI=1S/C17H10ClF3N2O.C17H10ClF3O3.C9H8BrClO.C9H10ClNO2.C9H9ClO.C9H7F3O.C7H5ClO2.C6H15N.C2H5.Br2.BrH.Cl3OP.Mg.H4N2.H2O/c1-8-14(9-2-4-10(18)5-3-9)16(17(24)23-22-8)15-12(20)6-11(19)7-13(15)21;1-17(23)15(8-2-4-9(18)5-3-8)14(16(22)24-17)13-11(20)6-10(19)7-12(13)21;1-6(10)9(12)7-2-4-8(11)5-3-7;1-11(13-2)9(12)7-3-5-8(10)6-4-7;1-2-9(11)7-3-5-8(10)6-4-7;1-5(13)2-7-8(11)3-6(10)4-9(7)12;8-6-3-1-5(2-4-6)7(9)10;1-4-7(5-2)6-3;2*1-2;;1-5(2,3)4;;1-2;/h2-7H,1H3,(H,23,24);2-7,23H,1H3;2-6H,1H3;3-6H,1-2H3;3-6H,2H2,1H3;3-4H,2H2,1H3;1-4H,(H,9,10);4-6H2,1-3H3;1H2,2H3;;1H;;;1-2H2;1H2/q;;;;;;;;-1;;;;+2;;/p-1. The maximum atomic E-state index is 14.2. The van der Waals surface area contributed by atoms with Crippen LogP contribution in [0.2, 0.25) is 30.1 Å². The number of aromatic amines is 1. The number of Topliss-reactive ketones (excluding diaryl/α,β-unsaturated/α-hetero) is 3. The Bertz CT molecular complexity index is 5210. The summed E-state index contributed by atoms with van der Waals surface area (Å²) in [6, 6.07) is 41.8. The molecule has 11 rings (SSSR count). The van der Waals surface area contributed by atoms with Crippen LogP contribution in [0.5, 0.6) is 0 Å². The summed E-state index contributed by atoms with van der Waals surface area (Å²) in [5.74, 6) is -6.59. The molecule has 0 saturated carbocycles. The number of H-pyrrole nitrogens is 1. The van der Waals surface area contributed by atoms with Gasteiger partial charge >= 0.3 is 40.2 Å². The van der Waals surface area contributed by atoms with E-state index in [-0.39, 0.29) is 113 Å². The SMILES string of the molecule is BrBr.CC(=O)Cc1c(F)cc(F)cc1F.CC(Br)C(=O)c1ccc(Cl)cc1.CC1(O)OC(=O)C(c2c(F)cc(F)cc2F)=C1c1ccc(Cl)cc1.CCC(=O)c1ccc(Cl)cc1.CCN(CC)CC.CON(C)C(=O)c1ccc(Cl)cc1.Cc1n[nH]c(=O)c(-c2c(F)cc(F)cc2F)c1-c1ccc(Cl)cc1.NN.O.O=C(O)c1ccc(Cl)cc1.O=P(Cl)(Cl)Cl.[Br-].[CH2-]C.[Mg+2]. The number of benzene rings is 9. The van der Waals surface area contributed by atoms with Crippen molar-refractivity contribution in [2.75, 3.05) is 33.8 Å². The number of ether oxygens (including phenoxy) is 1. The van der Waals surface area contributed by atoms with Gasteiger partial charge in [-0.25, -0.2) is 59.3 Å². The first kappa shape index (κ1) is 128. The first-order valence-corrected chi connectivity index (χ1v) is 47.1. The van der Waals surface area contributed by atoms with Crippen LogP contribution >= 0.6 is 153 Å². The molecule has 1 aliphatic heterocycles. The number of alkyl halides is 1. The zero-order valence-electron chi connectivity index (χ0n) is 69.6. The average Bonchev–Trinajstić information content (AvgIpc) is 1.62. The third-order valence-electron chi connectivity index (χ3n) is 15.7. The summed E-state index contributed by atoms with van der Waals surface area (Å²) in [6.45, 7) is 22.7. The molecule has 10 aromatic rings. The van der Waals surface area contributed by atoms with Crippen LogP contribution in [0, 0.1) is 66.2 Å². The van der Waals surface area contributed by atoms with Crippen molar-refractivity contribution in [1.29, 1.82) is 0 Å². The van der Waals surface area contributed by atoms with Gasteiger partial charge in [0.15, 0.2) is 11.6 Å². The summed E-state index contributed by atoms with van der Waals surface area (Å²) in [5.41, 5.74) is 0.211. The normalized spacial score (nSPS) is 11.8. The molecular weight excluding hydrogens is 2180 g/mol. The number of aromatic nitrogens is 2. The fourth-order valence-electron chi connectivity index (χ4n) is 9.98. The number of amides is 1. The zero-order valence-corrected chi connectivity index (χ0v) is 85.0. The minimum absolute atomic E-state index is 0. The largest absolute Gasteiger partial charge is 2.00 e. The Kier molecular flexibility index (Phi) is 66.1. The Morgan fingerprint density at radius 1 is 0.570 bits per heavy atom. The van der Waals surface area contributed by atoms with Crippen molar-refractivity contribution in [1.82, 2.24) is 20.2 Å². The summed E-state index contributed by atoms with van der Waals surface area (Å²) in [7, 11) is 2.99. The van der Waals surface area contributed by atoms with Gasteiger partial charge in [0.25, 0.3) is 11.5 Å². The fraction of sp³-hybridized carbons (Fsp3) is 0.212. The molecule has 19 nitrogen and oxygen atoms in total. The molecule has 694 valence electrons. The number of ketones is 3. The monoisotopic (exact) mass is 2250 g/mol. The van der Waals surface area contributed by atoms with E-state index in [1.165, 1.54) is 77.0 Å². The van der Waals surface area contributed by atoms with Gasteiger partial charge in [-0.05, 0) is 207 Å². The molecule has 0 fully saturated rings. The van der Waals surface area contributed by atoms with Crippen molar-refractivity contribution < 1.29 is 115 Å². The predicted octanol–water partition coefficient (Wildman–Crippen LogP) is 22.2. The number of aliphatic hydroxyl groups is 1. The van der Waals surface area contributed by atoms with E-state index in [4.69, 9.17) is 84.3 Å². The van der Waals surface area contributed by atoms with Crippen LogP contribution < -0.4 is 34.2 Å². The molecule has 0 aliphatic carbocycles. The fourth-order valence-corrected chi connectivity index (χ4v) is 11.0. The number of carboxylic acids is 1. The first-order valence-electron chi connectivity index (χ1n) is 35.8. The maximum absolute atomic E-state index is 14.2. The van der Waals surface area contributed by atoms with E-state index in [9.17, 15) is 82.7 Å². The number of carbonyl (C=O) groups is 6. The summed E-state index contributed by atoms with van der Waals surface area (Å²) in [4.78, 5) is 86.1. The van der Waals surface area contributed by atoms with E-state index in [1.54, 1.807) is 137 Å². The molecular formula is C85H85Br4Cl9F9MgN6O13P. The Hall–Kier alpha value is -6.32. The van der Waals surface area contributed by atoms with Gasteiger partial charge in [0.05, 0.1) is 45.5 Å². The van der Waals surface area contributed by atoms with E-state index < -0.39 is 97.5 Å². The molecule has 0 saturated heterocycles. The Morgan fingerprint density at radius 3 is 1.20 bits per heavy atom. The van der Waals surface area contributed by atoms with Crippen molar-refractivity contribution in [2.45, 2.75) is 85.8 Å². The van der Waals surface area contributed by atoms with Gasteiger partial charge in [-0.15, -0.1) is 0 Å². The van der Waals surface area contributed by atoms with E-state index in [0.29, 0.717) is 95.3 Å². The molecule has 2 heterocycles. The van der Waals surface area contributed by atoms with Crippen molar-refractivity contribution in [3.63, 3.8) is 0 Å². The molecule has 128 heavy (non-hydrogen) atoms. The van der Waals surface area contributed by atoms with E-state index in [2.05, 4.69) is 132 Å². The average molecular weight is 2260 g/mol. The maximum Gasteiger partial charge on any atom is 2.00 e. The summed E-state index contributed by atoms with van der Waals surface area (Å²) < 4.78 is 135. The number of nitrogens with one attached hydrogen (secondary N) is 1. The van der Waals surface area contributed by atoms with E-state index in [0.717, 1.165) is 10.6 Å². The topological polar surface area (TPSA) is 314 Å². The smallest absolute Gasteiger partial charge is 1.00 e. The van der Waals surface area contributed by atoms with Crippen LogP contribution in [0.3, 0.4) is 0 Å². The van der Waals surface area contributed by atoms with Crippen molar-refractivity contribution in [3.8, 4) is 22.3 Å². The van der Waals surface area contributed by atoms with Crippen LogP contribution in [0.25, 0.3) is 33.4 Å². The third-order valence-corrected chi connectivity index (χ3v) is 17.7. The minimum Gasteiger partial charge on any atom is -1.00 e. The number of halogens is 22. The summed E-state index contributed by atoms with van der Waals surface area (Å²) >= 11 is 56.7. The number of carbonyl (C=O) groups excluding carboxylic acids is 5. The predicted molar refractivity (Wildman–Crippen MR) is 502 cm³/mol. The number of hydrogen-bond donors (Lipinski definition) is 5. The molecule has 1 aliphatic rings. The minimum atomic E-state index is -3.22. The van der Waals surface area contributed by atoms with Crippen molar-refractivity contribution in [2.24, 2.45) is 11.7 Å². The molecule has 0 radical (unpaired) electrons. The van der Waals surface area contributed by atoms with E-state index in [1.807, 2.05) is 6.92 Å². The van der Waals surface area contributed by atoms with Gasteiger partial charge in [-0.3, -0.25) is 45.1 Å². The number of aryl methyl sites for hydroxylation is 1. The third kappa shape index (κ3) is 45.9. The molecule has 2 atom stereocenters. The molecule has 0 bridgehead atoms. The molecule has 9 N–H and O–H groups in total. The number of nitrogens with zero attached hydrogens (tertiary/aromatic N) is 3. The van der Waals surface area contributed by atoms with Gasteiger partial charge in [-0.1, -0.05) is 137 Å². The Morgan fingerprint density at radius 2 is 0.883 bits per heavy atom. The number of hydrogen-bond acceptors (Lipinski definition) is 15. The molecule has 2 unspecified atom stereocenters. The summed E-state index contributed by atoms with van der Waals surface area (Å²) in [5, 5.41) is 26.1. The van der Waals surface area contributed by atoms with Crippen LogP contribution in [0.4, 0.5) is 39.5 Å². The van der Waals surface area contributed by atoms with Gasteiger partial charge < -0.3 is 49.2 Å². The van der Waals surface area contributed by atoms with Crippen LogP contribution in [0.1, 0.15) is 126 Å². The molecule has 43 heteroatoms. The number of hydrazine groups is 1. The van der Waals surface area contributed by atoms with Gasteiger partial charge in [0.2, 0.25) is 5.79 Å². The van der Waals surface area contributed by atoms with Crippen LogP contribution in [0.15, 0.2) is 187 Å². The first-order chi connectivity index (χ1) is 58.6.